The Balaban J connectivity index is 2.48. The largest absolute Gasteiger partial charge is 0.498 e. The van der Waals surface area contributed by atoms with Crippen molar-refractivity contribution in [3.63, 3.8) is 0 Å². The molecule has 0 aliphatic carbocycles. The lowest BCUT2D eigenvalue weighted by Crippen LogP contribution is -1.85. The summed E-state index contributed by atoms with van der Waals surface area (Å²) in [7, 11) is 0. The van der Waals surface area contributed by atoms with Crippen LogP contribution in [0.4, 0.5) is 0 Å². The predicted molar refractivity (Wildman–Crippen MR) is 28.9 cm³/mol. The summed E-state index contributed by atoms with van der Waals surface area (Å²) < 4.78 is 5.07. The Morgan fingerprint density at radius 2 is 2.57 bits per heavy atom. The van der Waals surface area contributed by atoms with Crippen molar-refractivity contribution >= 4 is 0 Å². The van der Waals surface area contributed by atoms with Crippen molar-refractivity contribution in [1.29, 1.82) is 0 Å². The smallest absolute Gasteiger partial charge is 0.0917 e. The summed E-state index contributed by atoms with van der Waals surface area (Å²) in [6, 6.07) is 0. The third-order valence-corrected chi connectivity index (χ3v) is 1.39. The molecule has 7 heavy (non-hydrogen) atoms. The van der Waals surface area contributed by atoms with Gasteiger partial charge in [-0.25, -0.2) is 0 Å². The van der Waals surface area contributed by atoms with Crippen LogP contribution in [-0.4, -0.2) is 6.61 Å². The first-order valence-electron chi connectivity index (χ1n) is 2.62. The Morgan fingerprint density at radius 1 is 1.86 bits per heavy atom. The van der Waals surface area contributed by atoms with Crippen LogP contribution in [0.3, 0.4) is 0 Å². The molecular weight excluding hydrogens is 88.1 g/mol. The van der Waals surface area contributed by atoms with Gasteiger partial charge in [-0.05, 0) is 6.42 Å². The van der Waals surface area contributed by atoms with Gasteiger partial charge in [-0.1, -0.05) is 13.5 Å². The molecule has 1 fully saturated rings. The van der Waals surface area contributed by atoms with Crippen LogP contribution in [0.15, 0.2) is 12.3 Å². The van der Waals surface area contributed by atoms with Gasteiger partial charge in [-0.15, -0.1) is 0 Å². The van der Waals surface area contributed by atoms with Crippen molar-refractivity contribution in [3.8, 4) is 0 Å². The molecule has 1 aliphatic rings. The van der Waals surface area contributed by atoms with Crippen molar-refractivity contribution in [2.24, 2.45) is 5.92 Å². The highest BCUT2D eigenvalue weighted by Gasteiger charge is 2.13. The molecule has 40 valence electrons. The normalized spacial score (nSPS) is 30.4. The fourth-order valence-corrected chi connectivity index (χ4v) is 0.670. The van der Waals surface area contributed by atoms with Gasteiger partial charge < -0.3 is 4.74 Å². The fourth-order valence-electron chi connectivity index (χ4n) is 0.670. The molecule has 0 amide bonds. The highest BCUT2D eigenvalue weighted by Crippen LogP contribution is 2.20. The van der Waals surface area contributed by atoms with Crippen LogP contribution < -0.4 is 0 Å². The number of hydrogen-bond donors (Lipinski definition) is 0. The molecule has 0 aromatic heterocycles. The molecule has 1 aliphatic heterocycles. The van der Waals surface area contributed by atoms with E-state index in [2.05, 4.69) is 13.5 Å². The molecular formula is C6H10O. The lowest BCUT2D eigenvalue weighted by molar-refractivity contribution is 0.261. The first kappa shape index (κ1) is 4.69. The average Bonchev–Trinajstić information content (AvgIpc) is 1.91. The van der Waals surface area contributed by atoms with E-state index in [0.29, 0.717) is 5.92 Å². The molecule has 1 atom stereocenters. The average molecular weight is 98.1 g/mol. The monoisotopic (exact) mass is 98.1 g/mol. The highest BCUT2D eigenvalue weighted by molar-refractivity contribution is 4.92. The second kappa shape index (κ2) is 1.57. The van der Waals surface area contributed by atoms with Crippen LogP contribution in [0.1, 0.15) is 13.3 Å². The third kappa shape index (κ3) is 0.763. The summed E-state index contributed by atoms with van der Waals surface area (Å²) in [5.41, 5.74) is 0. The molecule has 0 unspecified atom stereocenters. The van der Waals surface area contributed by atoms with Gasteiger partial charge in [-0.3, -0.25) is 0 Å². The van der Waals surface area contributed by atoms with E-state index in [0.717, 1.165) is 18.8 Å². The number of hydrogen-bond acceptors (Lipinski definition) is 1. The summed E-state index contributed by atoms with van der Waals surface area (Å²) >= 11 is 0. The highest BCUT2D eigenvalue weighted by atomic mass is 16.5. The van der Waals surface area contributed by atoms with Gasteiger partial charge in [0.25, 0.3) is 0 Å². The molecule has 1 rings (SSSR count). The first-order valence-corrected chi connectivity index (χ1v) is 2.62. The van der Waals surface area contributed by atoms with E-state index in [4.69, 9.17) is 4.74 Å². The molecule has 0 aromatic rings. The van der Waals surface area contributed by atoms with Crippen LogP contribution in [-0.2, 0) is 4.74 Å². The standard InChI is InChI=1S/C6H10O/c1-5-3-4-7-6(5)2/h5H,2-4H2,1H3/t5-/m0/s1. The number of rotatable bonds is 0. The van der Waals surface area contributed by atoms with Gasteiger partial charge in [0, 0.05) is 5.92 Å². The minimum atomic E-state index is 0.597. The van der Waals surface area contributed by atoms with Gasteiger partial charge in [0.15, 0.2) is 0 Å². The van der Waals surface area contributed by atoms with E-state index in [1.165, 1.54) is 0 Å². The van der Waals surface area contributed by atoms with Gasteiger partial charge >= 0.3 is 0 Å². The van der Waals surface area contributed by atoms with E-state index >= 15 is 0 Å². The molecule has 0 saturated carbocycles. The zero-order chi connectivity index (χ0) is 5.28. The molecule has 1 nitrogen and oxygen atoms in total. The van der Waals surface area contributed by atoms with E-state index in [-0.39, 0.29) is 0 Å². The summed E-state index contributed by atoms with van der Waals surface area (Å²) in [6.07, 6.45) is 1.15. The molecule has 0 spiro atoms. The molecule has 1 saturated heterocycles. The van der Waals surface area contributed by atoms with Crippen molar-refractivity contribution in [2.45, 2.75) is 13.3 Å². The lowest BCUT2D eigenvalue weighted by Gasteiger charge is -1.96. The molecule has 0 aromatic carbocycles. The van der Waals surface area contributed by atoms with E-state index in [1.54, 1.807) is 0 Å². The van der Waals surface area contributed by atoms with Crippen LogP contribution >= 0.6 is 0 Å². The van der Waals surface area contributed by atoms with Crippen molar-refractivity contribution < 1.29 is 4.74 Å². The third-order valence-electron chi connectivity index (χ3n) is 1.39. The minimum Gasteiger partial charge on any atom is -0.498 e. The summed E-state index contributed by atoms with van der Waals surface area (Å²) in [5, 5.41) is 0. The summed E-state index contributed by atoms with van der Waals surface area (Å²) in [6.45, 7) is 6.72. The first-order chi connectivity index (χ1) is 3.30. The van der Waals surface area contributed by atoms with E-state index in [9.17, 15) is 0 Å². The predicted octanol–water partition coefficient (Wildman–Crippen LogP) is 1.56. The lowest BCUT2D eigenvalue weighted by atomic mass is 10.1. The second-order valence-electron chi connectivity index (χ2n) is 2.00. The Bertz CT molecular complexity index is 86.2. The topological polar surface area (TPSA) is 9.23 Å². The number of allylic oxidation sites excluding steroid dienone is 1. The van der Waals surface area contributed by atoms with Gasteiger partial charge in [0.1, 0.15) is 0 Å². The SMILES string of the molecule is C=C1OCC[C@@H]1C. The Labute approximate surface area is 44.0 Å². The summed E-state index contributed by atoms with van der Waals surface area (Å²) in [4.78, 5) is 0. The van der Waals surface area contributed by atoms with Crippen LogP contribution in [0.2, 0.25) is 0 Å². The molecule has 0 bridgehead atoms. The Hall–Kier alpha value is -0.460. The zero-order valence-corrected chi connectivity index (χ0v) is 4.61. The Morgan fingerprint density at radius 3 is 2.71 bits per heavy atom. The van der Waals surface area contributed by atoms with Gasteiger partial charge in [0.2, 0.25) is 0 Å². The maximum Gasteiger partial charge on any atom is 0.0917 e. The van der Waals surface area contributed by atoms with Crippen molar-refractivity contribution in [3.05, 3.63) is 12.3 Å². The maximum absolute atomic E-state index is 5.07. The van der Waals surface area contributed by atoms with Crippen molar-refractivity contribution in [1.82, 2.24) is 0 Å². The van der Waals surface area contributed by atoms with Crippen molar-refractivity contribution in [2.75, 3.05) is 6.61 Å². The van der Waals surface area contributed by atoms with Gasteiger partial charge in [0.05, 0.1) is 12.4 Å². The fraction of sp³-hybridized carbons (Fsp3) is 0.667. The van der Waals surface area contributed by atoms with Crippen LogP contribution in [0.5, 0.6) is 0 Å². The van der Waals surface area contributed by atoms with E-state index < -0.39 is 0 Å². The molecule has 1 heteroatoms. The summed E-state index contributed by atoms with van der Waals surface area (Å²) in [5.74, 6) is 1.56. The number of ether oxygens (including phenoxy) is 1. The Kier molecular flexibility index (Phi) is 1.05. The zero-order valence-electron chi connectivity index (χ0n) is 4.61. The second-order valence-corrected chi connectivity index (χ2v) is 2.00. The maximum atomic E-state index is 5.07. The van der Waals surface area contributed by atoms with Crippen LogP contribution in [0, 0.1) is 5.92 Å². The molecule has 0 radical (unpaired) electrons. The minimum absolute atomic E-state index is 0.597. The molecule has 1 heterocycles. The molecule has 0 N–H and O–H groups in total. The van der Waals surface area contributed by atoms with Crippen LogP contribution in [0.25, 0.3) is 0 Å². The van der Waals surface area contributed by atoms with E-state index in [1.807, 2.05) is 0 Å². The van der Waals surface area contributed by atoms with Gasteiger partial charge in [-0.2, -0.15) is 0 Å². The quantitative estimate of drug-likeness (QED) is 0.446.